The molecule has 0 spiro atoms. The van der Waals surface area contributed by atoms with Crippen LogP contribution in [0.25, 0.3) is 0 Å². The number of aliphatic carboxylic acids is 1. The molecule has 19 heavy (non-hydrogen) atoms. The number of nitrogens with one attached hydrogen (secondary N) is 1. The Morgan fingerprint density at radius 3 is 2.68 bits per heavy atom. The number of rotatable bonds is 6. The van der Waals surface area contributed by atoms with E-state index in [1.165, 1.54) is 6.92 Å². The molecular weight excluding hydrogens is 255 g/mol. The van der Waals surface area contributed by atoms with Crippen molar-refractivity contribution in [2.45, 2.75) is 20.3 Å². The summed E-state index contributed by atoms with van der Waals surface area (Å²) in [5.41, 5.74) is -1.38. The molecule has 1 atom stereocenters. The fourth-order valence-corrected chi connectivity index (χ4v) is 1.45. The maximum absolute atomic E-state index is 13.1. The van der Waals surface area contributed by atoms with Gasteiger partial charge in [0.15, 0.2) is 0 Å². The molecule has 0 heterocycles. The van der Waals surface area contributed by atoms with Crippen molar-refractivity contribution in [3.8, 4) is 0 Å². The predicted octanol–water partition coefficient (Wildman–Crippen LogP) is 2.65. The summed E-state index contributed by atoms with van der Waals surface area (Å²) in [6, 6.07) is 3.01. The van der Waals surface area contributed by atoms with Crippen molar-refractivity contribution in [3.05, 3.63) is 34.1 Å². The summed E-state index contributed by atoms with van der Waals surface area (Å²) in [7, 11) is 0. The van der Waals surface area contributed by atoms with Crippen molar-refractivity contribution < 1.29 is 19.2 Å². The Balaban J connectivity index is 2.97. The lowest BCUT2D eigenvalue weighted by Gasteiger charge is -2.23. The Hall–Kier alpha value is -2.18. The lowest BCUT2D eigenvalue weighted by Crippen LogP contribution is -2.34. The van der Waals surface area contributed by atoms with Crippen molar-refractivity contribution in [2.24, 2.45) is 5.41 Å². The zero-order valence-corrected chi connectivity index (χ0v) is 10.6. The summed E-state index contributed by atoms with van der Waals surface area (Å²) in [5.74, 6) is -1.64. The van der Waals surface area contributed by atoms with Gasteiger partial charge in [-0.1, -0.05) is 6.92 Å². The van der Waals surface area contributed by atoms with Crippen LogP contribution in [0.3, 0.4) is 0 Å². The third-order valence-corrected chi connectivity index (χ3v) is 3.12. The average Bonchev–Trinajstić information content (AvgIpc) is 2.35. The highest BCUT2D eigenvalue weighted by molar-refractivity contribution is 5.75. The Kier molecular flexibility index (Phi) is 4.42. The number of hydrogen-bond donors (Lipinski definition) is 2. The zero-order chi connectivity index (χ0) is 14.6. The minimum Gasteiger partial charge on any atom is -0.481 e. The second-order valence-corrected chi connectivity index (χ2v) is 4.49. The number of hydrogen-bond acceptors (Lipinski definition) is 4. The number of nitro benzene ring substituents is 1. The van der Waals surface area contributed by atoms with E-state index in [2.05, 4.69) is 5.32 Å². The molecule has 1 unspecified atom stereocenters. The molecule has 2 N–H and O–H groups in total. The van der Waals surface area contributed by atoms with Gasteiger partial charge in [0.2, 0.25) is 0 Å². The summed E-state index contributed by atoms with van der Waals surface area (Å²) in [5, 5.41) is 22.5. The normalized spacial score (nSPS) is 13.6. The first-order valence-electron chi connectivity index (χ1n) is 5.71. The van der Waals surface area contributed by atoms with Gasteiger partial charge in [0.1, 0.15) is 11.5 Å². The van der Waals surface area contributed by atoms with Gasteiger partial charge in [-0.15, -0.1) is 0 Å². The smallest absolute Gasteiger partial charge is 0.311 e. The van der Waals surface area contributed by atoms with Crippen LogP contribution in [0.4, 0.5) is 15.8 Å². The molecule has 0 amide bonds. The van der Waals surface area contributed by atoms with Crippen LogP contribution in [0.5, 0.6) is 0 Å². The van der Waals surface area contributed by atoms with Crippen molar-refractivity contribution in [1.82, 2.24) is 0 Å². The van der Waals surface area contributed by atoms with Crippen LogP contribution in [0.1, 0.15) is 20.3 Å². The largest absolute Gasteiger partial charge is 0.481 e. The molecule has 0 radical (unpaired) electrons. The second-order valence-electron chi connectivity index (χ2n) is 4.49. The van der Waals surface area contributed by atoms with Crippen LogP contribution >= 0.6 is 0 Å². The minimum absolute atomic E-state index is 0.0223. The number of halogens is 1. The van der Waals surface area contributed by atoms with E-state index in [9.17, 15) is 19.3 Å². The minimum atomic E-state index is -1.07. The molecule has 0 bridgehead atoms. The number of benzene rings is 1. The van der Waals surface area contributed by atoms with Crippen LogP contribution < -0.4 is 5.32 Å². The SMILES string of the molecule is CCC(C)(CNc1cc(F)ccc1[N+](=O)[O-])C(=O)O. The molecule has 6 nitrogen and oxygen atoms in total. The maximum Gasteiger partial charge on any atom is 0.311 e. The molecule has 1 rings (SSSR count). The van der Waals surface area contributed by atoms with E-state index in [-0.39, 0.29) is 17.9 Å². The first-order chi connectivity index (χ1) is 8.80. The predicted molar refractivity (Wildman–Crippen MR) is 67.6 cm³/mol. The summed E-state index contributed by atoms with van der Waals surface area (Å²) in [4.78, 5) is 21.3. The number of carboxylic acids is 1. The highest BCUT2D eigenvalue weighted by atomic mass is 19.1. The topological polar surface area (TPSA) is 92.5 Å². The molecular formula is C12H15FN2O4. The van der Waals surface area contributed by atoms with Gasteiger partial charge in [0, 0.05) is 18.7 Å². The Bertz CT molecular complexity index is 507. The van der Waals surface area contributed by atoms with Crippen LogP contribution in [-0.4, -0.2) is 22.5 Å². The molecule has 0 aliphatic rings. The average molecular weight is 270 g/mol. The molecule has 0 aromatic heterocycles. The number of anilines is 1. The monoisotopic (exact) mass is 270 g/mol. The van der Waals surface area contributed by atoms with Gasteiger partial charge in [0.25, 0.3) is 5.69 Å². The number of nitro groups is 1. The quantitative estimate of drug-likeness (QED) is 0.612. The van der Waals surface area contributed by atoms with Gasteiger partial charge < -0.3 is 10.4 Å². The Morgan fingerprint density at radius 1 is 1.58 bits per heavy atom. The molecule has 104 valence electrons. The molecule has 0 fully saturated rings. The summed E-state index contributed by atoms with van der Waals surface area (Å²) < 4.78 is 13.1. The highest BCUT2D eigenvalue weighted by Crippen LogP contribution is 2.28. The van der Waals surface area contributed by atoms with Crippen molar-refractivity contribution in [3.63, 3.8) is 0 Å². The molecule has 0 saturated carbocycles. The number of carbonyl (C=O) groups is 1. The highest BCUT2D eigenvalue weighted by Gasteiger charge is 2.31. The molecule has 1 aromatic carbocycles. The van der Waals surface area contributed by atoms with Gasteiger partial charge in [-0.05, 0) is 19.4 Å². The van der Waals surface area contributed by atoms with E-state index in [4.69, 9.17) is 5.11 Å². The van der Waals surface area contributed by atoms with Gasteiger partial charge in [-0.25, -0.2) is 4.39 Å². The van der Waals surface area contributed by atoms with E-state index in [0.29, 0.717) is 6.42 Å². The number of carboxylic acid groups (broad SMARTS) is 1. The molecule has 0 saturated heterocycles. The zero-order valence-electron chi connectivity index (χ0n) is 10.6. The van der Waals surface area contributed by atoms with Crippen LogP contribution in [0, 0.1) is 21.3 Å². The summed E-state index contributed by atoms with van der Waals surface area (Å²) in [6.45, 7) is 3.20. The van der Waals surface area contributed by atoms with Crippen molar-refractivity contribution >= 4 is 17.3 Å². The van der Waals surface area contributed by atoms with Crippen molar-refractivity contribution in [2.75, 3.05) is 11.9 Å². The summed E-state index contributed by atoms with van der Waals surface area (Å²) in [6.07, 6.45) is 0.346. The lowest BCUT2D eigenvalue weighted by atomic mass is 9.87. The Labute approximate surface area is 109 Å². The fourth-order valence-electron chi connectivity index (χ4n) is 1.45. The molecule has 0 aliphatic heterocycles. The first-order valence-corrected chi connectivity index (χ1v) is 5.71. The van der Waals surface area contributed by atoms with Gasteiger partial charge in [0.05, 0.1) is 10.3 Å². The van der Waals surface area contributed by atoms with Crippen molar-refractivity contribution in [1.29, 1.82) is 0 Å². The van der Waals surface area contributed by atoms with E-state index < -0.39 is 22.1 Å². The molecule has 0 aliphatic carbocycles. The Morgan fingerprint density at radius 2 is 2.21 bits per heavy atom. The van der Waals surface area contributed by atoms with Gasteiger partial charge in [-0.2, -0.15) is 0 Å². The number of nitrogens with zero attached hydrogens (tertiary/aromatic N) is 1. The third-order valence-electron chi connectivity index (χ3n) is 3.12. The molecule has 1 aromatic rings. The van der Waals surface area contributed by atoms with Crippen LogP contribution in [0.2, 0.25) is 0 Å². The van der Waals surface area contributed by atoms with E-state index in [0.717, 1.165) is 18.2 Å². The van der Waals surface area contributed by atoms with Crippen LogP contribution in [0.15, 0.2) is 18.2 Å². The lowest BCUT2D eigenvalue weighted by molar-refractivity contribution is -0.384. The second kappa shape index (κ2) is 5.64. The standard InChI is InChI=1S/C12H15FN2O4/c1-3-12(2,11(16)17)7-14-9-6-8(13)4-5-10(9)15(18)19/h4-6,14H,3,7H2,1-2H3,(H,16,17). The van der Waals surface area contributed by atoms with Gasteiger partial charge >= 0.3 is 5.97 Å². The van der Waals surface area contributed by atoms with E-state index in [1.807, 2.05) is 0 Å². The molecule has 7 heteroatoms. The van der Waals surface area contributed by atoms with Crippen LogP contribution in [-0.2, 0) is 4.79 Å². The van der Waals surface area contributed by atoms with E-state index >= 15 is 0 Å². The fraction of sp³-hybridized carbons (Fsp3) is 0.417. The summed E-state index contributed by atoms with van der Waals surface area (Å²) >= 11 is 0. The maximum atomic E-state index is 13.1. The third kappa shape index (κ3) is 3.40. The van der Waals surface area contributed by atoms with Gasteiger partial charge in [-0.3, -0.25) is 14.9 Å². The first kappa shape index (κ1) is 14.9. The van der Waals surface area contributed by atoms with E-state index in [1.54, 1.807) is 6.92 Å².